The summed E-state index contributed by atoms with van der Waals surface area (Å²) >= 11 is 21.5. The molecular formula is C11H9Cl3S2. The first-order valence-corrected chi connectivity index (χ1v) is 7.47. The first-order valence-electron chi connectivity index (χ1n) is 4.64. The minimum absolute atomic E-state index is 0.200. The molecule has 0 N–H and O–H groups in total. The van der Waals surface area contributed by atoms with Gasteiger partial charge in [-0.1, -0.05) is 23.2 Å². The summed E-state index contributed by atoms with van der Waals surface area (Å²) in [5.41, 5.74) is 2.17. The Kier molecular flexibility index (Phi) is 3.87. The van der Waals surface area contributed by atoms with E-state index in [1.807, 2.05) is 6.07 Å². The van der Waals surface area contributed by atoms with Crippen LogP contribution in [0.1, 0.15) is 26.3 Å². The van der Waals surface area contributed by atoms with Crippen molar-refractivity contribution in [3.8, 4) is 0 Å². The third-order valence-electron chi connectivity index (χ3n) is 2.39. The fraction of sp³-hybridized carbons (Fsp3) is 0.273. The van der Waals surface area contributed by atoms with E-state index in [1.54, 1.807) is 11.3 Å². The molecule has 1 atom stereocenters. The van der Waals surface area contributed by atoms with Crippen molar-refractivity contribution < 1.29 is 0 Å². The summed E-state index contributed by atoms with van der Waals surface area (Å²) in [6.07, 6.45) is 0. The van der Waals surface area contributed by atoms with E-state index in [9.17, 15) is 0 Å². The van der Waals surface area contributed by atoms with Crippen molar-refractivity contribution in [2.75, 3.05) is 0 Å². The van der Waals surface area contributed by atoms with Crippen molar-refractivity contribution in [3.05, 3.63) is 41.7 Å². The maximum Gasteiger partial charge on any atom is 0.0994 e. The first kappa shape index (κ1) is 12.7. The van der Waals surface area contributed by atoms with Gasteiger partial charge >= 0.3 is 0 Å². The van der Waals surface area contributed by atoms with E-state index < -0.39 is 0 Å². The van der Waals surface area contributed by atoms with E-state index in [2.05, 4.69) is 19.9 Å². The van der Waals surface area contributed by atoms with Crippen LogP contribution in [0.5, 0.6) is 0 Å². The lowest BCUT2D eigenvalue weighted by Crippen LogP contribution is -1.87. The summed E-state index contributed by atoms with van der Waals surface area (Å²) in [6.45, 7) is 4.18. The molecule has 16 heavy (non-hydrogen) atoms. The standard InChI is InChI=1S/C11H9Cl3S2/c1-5-3-8(15-6(5)2)10(13)7-4-9(12)16-11(7)14/h3-4,10H,1-2H3. The minimum atomic E-state index is -0.200. The summed E-state index contributed by atoms with van der Waals surface area (Å²) < 4.78 is 1.35. The fourth-order valence-electron chi connectivity index (χ4n) is 1.41. The second-order valence-corrected chi connectivity index (χ2v) is 7.54. The molecule has 0 aliphatic rings. The van der Waals surface area contributed by atoms with E-state index in [-0.39, 0.29) is 5.38 Å². The van der Waals surface area contributed by atoms with Gasteiger partial charge in [0.1, 0.15) is 0 Å². The van der Waals surface area contributed by atoms with Gasteiger partial charge in [-0.15, -0.1) is 34.3 Å². The maximum atomic E-state index is 6.41. The zero-order valence-corrected chi connectivity index (χ0v) is 12.6. The Hall–Kier alpha value is 0.270. The highest BCUT2D eigenvalue weighted by atomic mass is 35.5. The third kappa shape index (κ3) is 2.41. The molecule has 2 heterocycles. The van der Waals surface area contributed by atoms with Crippen molar-refractivity contribution in [3.63, 3.8) is 0 Å². The zero-order chi connectivity index (χ0) is 11.9. The highest BCUT2D eigenvalue weighted by molar-refractivity contribution is 7.20. The molecule has 2 aromatic heterocycles. The lowest BCUT2D eigenvalue weighted by atomic mass is 10.2. The lowest BCUT2D eigenvalue weighted by molar-refractivity contribution is 1.20. The van der Waals surface area contributed by atoms with Crippen LogP contribution in [0.25, 0.3) is 0 Å². The monoisotopic (exact) mass is 310 g/mol. The van der Waals surface area contributed by atoms with Gasteiger partial charge in [-0.05, 0) is 31.5 Å². The van der Waals surface area contributed by atoms with Crippen LogP contribution in [0, 0.1) is 13.8 Å². The predicted molar refractivity (Wildman–Crippen MR) is 75.8 cm³/mol. The summed E-state index contributed by atoms with van der Waals surface area (Å²) in [5.74, 6) is 0. The Bertz CT molecular complexity index is 494. The molecule has 1 unspecified atom stereocenters. The molecule has 0 saturated carbocycles. The SMILES string of the molecule is Cc1cc(C(Cl)c2cc(Cl)sc2Cl)sc1C. The molecule has 0 saturated heterocycles. The molecule has 0 spiro atoms. The molecular weight excluding hydrogens is 303 g/mol. The fourth-order valence-corrected chi connectivity index (χ4v) is 4.47. The summed E-state index contributed by atoms with van der Waals surface area (Å²) in [5, 5.41) is -0.200. The molecule has 86 valence electrons. The second-order valence-electron chi connectivity index (χ2n) is 3.53. The average molecular weight is 312 g/mol. The topological polar surface area (TPSA) is 0 Å². The van der Waals surface area contributed by atoms with E-state index in [4.69, 9.17) is 34.8 Å². The maximum absolute atomic E-state index is 6.41. The highest BCUT2D eigenvalue weighted by Gasteiger charge is 2.19. The van der Waals surface area contributed by atoms with E-state index in [0.29, 0.717) is 8.67 Å². The molecule has 2 aromatic rings. The average Bonchev–Trinajstić information content (AvgIpc) is 2.70. The normalized spacial score (nSPS) is 13.1. The Morgan fingerprint density at radius 2 is 1.81 bits per heavy atom. The number of aryl methyl sites for hydroxylation is 2. The van der Waals surface area contributed by atoms with Crippen molar-refractivity contribution in [1.82, 2.24) is 0 Å². The van der Waals surface area contributed by atoms with Crippen LogP contribution in [0.3, 0.4) is 0 Å². The predicted octanol–water partition coefficient (Wildman–Crippen LogP) is 6.06. The molecule has 2 rings (SSSR count). The molecule has 0 aliphatic carbocycles. The van der Waals surface area contributed by atoms with Gasteiger partial charge in [-0.2, -0.15) is 0 Å². The molecule has 0 aromatic carbocycles. The zero-order valence-electron chi connectivity index (χ0n) is 8.68. The minimum Gasteiger partial charge on any atom is -0.143 e. The smallest absolute Gasteiger partial charge is 0.0994 e. The molecule has 0 amide bonds. The van der Waals surface area contributed by atoms with Gasteiger partial charge in [0.2, 0.25) is 0 Å². The molecule has 0 nitrogen and oxygen atoms in total. The van der Waals surface area contributed by atoms with Crippen LogP contribution in [-0.2, 0) is 0 Å². The number of rotatable bonds is 2. The van der Waals surface area contributed by atoms with Gasteiger partial charge < -0.3 is 0 Å². The Labute approximate surface area is 118 Å². The number of hydrogen-bond acceptors (Lipinski definition) is 2. The summed E-state index contributed by atoms with van der Waals surface area (Å²) in [4.78, 5) is 2.41. The Morgan fingerprint density at radius 1 is 1.12 bits per heavy atom. The van der Waals surface area contributed by atoms with Crippen molar-refractivity contribution in [2.24, 2.45) is 0 Å². The van der Waals surface area contributed by atoms with Gasteiger partial charge in [-0.25, -0.2) is 0 Å². The molecule has 0 bridgehead atoms. The summed E-state index contributed by atoms with van der Waals surface area (Å²) in [6, 6.07) is 3.95. The lowest BCUT2D eigenvalue weighted by Gasteiger charge is -2.04. The number of halogens is 3. The highest BCUT2D eigenvalue weighted by Crippen LogP contribution is 2.42. The van der Waals surface area contributed by atoms with Crippen LogP contribution in [-0.4, -0.2) is 0 Å². The van der Waals surface area contributed by atoms with Gasteiger partial charge in [0, 0.05) is 15.3 Å². The van der Waals surface area contributed by atoms with Crippen molar-refractivity contribution >= 4 is 57.5 Å². The summed E-state index contributed by atoms with van der Waals surface area (Å²) in [7, 11) is 0. The second kappa shape index (κ2) is 4.87. The number of thiophene rings is 2. The largest absolute Gasteiger partial charge is 0.143 e. The van der Waals surface area contributed by atoms with Crippen molar-refractivity contribution in [1.29, 1.82) is 0 Å². The van der Waals surface area contributed by atoms with Crippen LogP contribution in [0.4, 0.5) is 0 Å². The van der Waals surface area contributed by atoms with Crippen LogP contribution >= 0.6 is 57.5 Å². The number of alkyl halides is 1. The van der Waals surface area contributed by atoms with E-state index >= 15 is 0 Å². The molecule has 0 radical (unpaired) electrons. The Balaban J connectivity index is 2.38. The first-order chi connectivity index (χ1) is 7.49. The molecule has 0 aliphatic heterocycles. The Morgan fingerprint density at radius 3 is 2.25 bits per heavy atom. The van der Waals surface area contributed by atoms with Crippen LogP contribution in [0.2, 0.25) is 8.67 Å². The van der Waals surface area contributed by atoms with E-state index in [1.165, 1.54) is 21.8 Å². The molecule has 0 fully saturated rings. The number of hydrogen-bond donors (Lipinski definition) is 0. The van der Waals surface area contributed by atoms with Crippen molar-refractivity contribution in [2.45, 2.75) is 19.2 Å². The quantitative estimate of drug-likeness (QED) is 0.591. The van der Waals surface area contributed by atoms with Gasteiger partial charge in [0.05, 0.1) is 14.0 Å². The van der Waals surface area contributed by atoms with Gasteiger partial charge in [-0.3, -0.25) is 0 Å². The molecule has 5 heteroatoms. The van der Waals surface area contributed by atoms with Gasteiger partial charge in [0.25, 0.3) is 0 Å². The van der Waals surface area contributed by atoms with Crippen LogP contribution in [0.15, 0.2) is 12.1 Å². The van der Waals surface area contributed by atoms with Gasteiger partial charge in [0.15, 0.2) is 0 Å². The third-order valence-corrected chi connectivity index (χ3v) is 5.73. The van der Waals surface area contributed by atoms with E-state index in [0.717, 1.165) is 10.4 Å². The van der Waals surface area contributed by atoms with Crippen LogP contribution < -0.4 is 0 Å².